The van der Waals surface area contributed by atoms with E-state index in [-0.39, 0.29) is 12.2 Å². The fraction of sp³-hybridized carbons (Fsp3) is 0.400. The molecule has 7 heteroatoms. The molecule has 1 aromatic heterocycles. The number of halogens is 4. The molecule has 0 aliphatic heterocycles. The van der Waals surface area contributed by atoms with Gasteiger partial charge < -0.3 is 9.30 Å². The minimum absolute atomic E-state index is 0.0283. The van der Waals surface area contributed by atoms with Gasteiger partial charge in [-0.2, -0.15) is 13.2 Å². The Morgan fingerprint density at radius 1 is 1.41 bits per heavy atom. The van der Waals surface area contributed by atoms with Crippen molar-refractivity contribution in [3.63, 3.8) is 0 Å². The zero-order chi connectivity index (χ0) is 16.5. The Bertz CT molecular complexity index is 694. The van der Waals surface area contributed by atoms with Crippen molar-refractivity contribution in [2.45, 2.75) is 25.4 Å². The van der Waals surface area contributed by atoms with Crippen molar-refractivity contribution in [2.75, 3.05) is 6.61 Å². The van der Waals surface area contributed by atoms with E-state index < -0.39 is 24.5 Å². The van der Waals surface area contributed by atoms with E-state index in [0.717, 1.165) is 0 Å². The summed E-state index contributed by atoms with van der Waals surface area (Å²) in [5, 5.41) is 0.735. The summed E-state index contributed by atoms with van der Waals surface area (Å²) < 4.78 is 46.4. The second-order valence-electron chi connectivity index (χ2n) is 4.96. The highest BCUT2D eigenvalue weighted by Gasteiger charge is 2.43. The number of hydrogen-bond donors (Lipinski definition) is 0. The summed E-state index contributed by atoms with van der Waals surface area (Å²) in [5.74, 6) is -2.79. The standard InChI is InChI=1S/C15H15ClF3NO2/c1-3-22-14(21)7-12(15(17,18)19)11-8-20(2)13-5-4-9(16)6-10(11)13/h4-6,8,12H,3,7H2,1-2H3/t12-/m0/s1. The van der Waals surface area contributed by atoms with E-state index in [1.54, 1.807) is 30.7 Å². The van der Waals surface area contributed by atoms with Gasteiger partial charge in [-0.25, -0.2) is 0 Å². The number of fused-ring (bicyclic) bond motifs is 1. The molecule has 0 fully saturated rings. The third-order valence-corrected chi connectivity index (χ3v) is 3.66. The number of nitrogens with zero attached hydrogens (tertiary/aromatic N) is 1. The van der Waals surface area contributed by atoms with Crippen LogP contribution in [0.15, 0.2) is 24.4 Å². The minimum Gasteiger partial charge on any atom is -0.466 e. The van der Waals surface area contributed by atoms with E-state index in [9.17, 15) is 18.0 Å². The number of aryl methyl sites for hydroxylation is 1. The maximum Gasteiger partial charge on any atom is 0.396 e. The SMILES string of the molecule is CCOC(=O)C[C@@H](c1cn(C)c2ccc(Cl)cc12)C(F)(F)F. The maximum absolute atomic E-state index is 13.4. The van der Waals surface area contributed by atoms with Crippen molar-refractivity contribution in [1.29, 1.82) is 0 Å². The molecule has 0 radical (unpaired) electrons. The van der Waals surface area contributed by atoms with Crippen LogP contribution in [-0.2, 0) is 16.6 Å². The van der Waals surface area contributed by atoms with Gasteiger partial charge >= 0.3 is 12.1 Å². The average Bonchev–Trinajstić information content (AvgIpc) is 2.71. The Hall–Kier alpha value is -1.69. The largest absolute Gasteiger partial charge is 0.466 e. The summed E-state index contributed by atoms with van der Waals surface area (Å²) in [7, 11) is 1.65. The van der Waals surface area contributed by atoms with Crippen LogP contribution in [0.5, 0.6) is 0 Å². The second kappa shape index (κ2) is 6.20. The number of rotatable bonds is 4. The van der Waals surface area contributed by atoms with Crippen LogP contribution >= 0.6 is 11.6 Å². The molecule has 2 rings (SSSR count). The Kier molecular flexibility index (Phi) is 4.70. The highest BCUT2D eigenvalue weighted by Crippen LogP contribution is 2.41. The van der Waals surface area contributed by atoms with Crippen molar-refractivity contribution in [3.05, 3.63) is 35.0 Å². The summed E-state index contributed by atoms with van der Waals surface area (Å²) in [6.07, 6.45) is -3.91. The minimum atomic E-state index is -4.55. The summed E-state index contributed by atoms with van der Waals surface area (Å²) in [5.41, 5.74) is 0.651. The van der Waals surface area contributed by atoms with Crippen molar-refractivity contribution in [1.82, 2.24) is 4.57 Å². The number of benzene rings is 1. The molecule has 22 heavy (non-hydrogen) atoms. The molecule has 2 aromatic rings. The number of carbonyl (C=O) groups excluding carboxylic acids is 1. The molecule has 0 spiro atoms. The smallest absolute Gasteiger partial charge is 0.396 e. The Morgan fingerprint density at radius 2 is 2.09 bits per heavy atom. The van der Waals surface area contributed by atoms with E-state index in [0.29, 0.717) is 15.9 Å². The van der Waals surface area contributed by atoms with Gasteiger partial charge in [-0.15, -0.1) is 0 Å². The Labute approximate surface area is 130 Å². The molecule has 1 aromatic carbocycles. The number of alkyl halides is 3. The molecule has 0 saturated carbocycles. The van der Waals surface area contributed by atoms with Gasteiger partial charge in [-0.3, -0.25) is 4.79 Å². The lowest BCUT2D eigenvalue weighted by atomic mass is 9.94. The Morgan fingerprint density at radius 3 is 2.68 bits per heavy atom. The van der Waals surface area contributed by atoms with Gasteiger partial charge in [0.15, 0.2) is 0 Å². The van der Waals surface area contributed by atoms with Crippen LogP contribution in [0.4, 0.5) is 13.2 Å². The molecule has 0 saturated heterocycles. The molecule has 1 atom stereocenters. The predicted octanol–water partition coefficient (Wildman–Crippen LogP) is 4.43. The molecule has 1 heterocycles. The van der Waals surface area contributed by atoms with Crippen LogP contribution < -0.4 is 0 Å². The summed E-state index contributed by atoms with van der Waals surface area (Å²) in [6.45, 7) is 1.60. The lowest BCUT2D eigenvalue weighted by Crippen LogP contribution is -2.24. The third kappa shape index (κ3) is 3.38. The quantitative estimate of drug-likeness (QED) is 0.775. The number of ether oxygens (including phenoxy) is 1. The summed E-state index contributed by atoms with van der Waals surface area (Å²) >= 11 is 5.89. The van der Waals surface area contributed by atoms with E-state index in [1.165, 1.54) is 12.3 Å². The average molecular weight is 334 g/mol. The molecular formula is C15H15ClF3NO2. The van der Waals surface area contributed by atoms with E-state index in [1.807, 2.05) is 0 Å². The number of carbonyl (C=O) groups is 1. The second-order valence-corrected chi connectivity index (χ2v) is 5.40. The van der Waals surface area contributed by atoms with E-state index in [2.05, 4.69) is 4.74 Å². The van der Waals surface area contributed by atoms with Crippen LogP contribution in [0.1, 0.15) is 24.8 Å². The van der Waals surface area contributed by atoms with Gasteiger partial charge in [0.1, 0.15) is 0 Å². The van der Waals surface area contributed by atoms with Crippen LogP contribution in [0.25, 0.3) is 10.9 Å². The summed E-state index contributed by atoms with van der Waals surface area (Å²) in [4.78, 5) is 11.5. The van der Waals surface area contributed by atoms with Crippen molar-refractivity contribution < 1.29 is 22.7 Å². The Balaban J connectivity index is 2.52. The molecule has 3 nitrogen and oxygen atoms in total. The topological polar surface area (TPSA) is 31.2 Å². The molecule has 0 bridgehead atoms. The van der Waals surface area contributed by atoms with Gasteiger partial charge in [0.25, 0.3) is 0 Å². The van der Waals surface area contributed by atoms with Crippen LogP contribution in [-0.4, -0.2) is 23.3 Å². The van der Waals surface area contributed by atoms with Gasteiger partial charge in [-0.1, -0.05) is 11.6 Å². The third-order valence-electron chi connectivity index (χ3n) is 3.43. The zero-order valence-electron chi connectivity index (χ0n) is 12.1. The normalized spacial score (nSPS) is 13.4. The predicted molar refractivity (Wildman–Crippen MR) is 78.0 cm³/mol. The molecule has 0 aliphatic rings. The van der Waals surface area contributed by atoms with E-state index >= 15 is 0 Å². The van der Waals surface area contributed by atoms with Crippen LogP contribution in [0.3, 0.4) is 0 Å². The molecule has 0 aliphatic carbocycles. The summed E-state index contributed by atoms with van der Waals surface area (Å²) in [6, 6.07) is 4.75. The van der Waals surface area contributed by atoms with Gasteiger partial charge in [0.05, 0.1) is 18.9 Å². The van der Waals surface area contributed by atoms with Crippen LogP contribution in [0, 0.1) is 0 Å². The maximum atomic E-state index is 13.4. The van der Waals surface area contributed by atoms with Gasteiger partial charge in [0, 0.05) is 29.2 Å². The molecule has 0 amide bonds. The first-order valence-corrected chi connectivity index (χ1v) is 7.08. The molecule has 120 valence electrons. The lowest BCUT2D eigenvalue weighted by Gasteiger charge is -2.19. The van der Waals surface area contributed by atoms with Gasteiger partial charge in [-0.05, 0) is 30.7 Å². The highest BCUT2D eigenvalue weighted by atomic mass is 35.5. The van der Waals surface area contributed by atoms with Crippen molar-refractivity contribution in [3.8, 4) is 0 Å². The first-order valence-electron chi connectivity index (χ1n) is 6.70. The number of aromatic nitrogens is 1. The van der Waals surface area contributed by atoms with E-state index in [4.69, 9.17) is 11.6 Å². The molecule has 0 N–H and O–H groups in total. The zero-order valence-corrected chi connectivity index (χ0v) is 12.8. The fourth-order valence-corrected chi connectivity index (χ4v) is 2.63. The molecule has 0 unspecified atom stereocenters. The lowest BCUT2D eigenvalue weighted by molar-refractivity contribution is -0.166. The van der Waals surface area contributed by atoms with Crippen molar-refractivity contribution in [2.24, 2.45) is 7.05 Å². The highest BCUT2D eigenvalue weighted by molar-refractivity contribution is 6.31. The number of esters is 1. The van der Waals surface area contributed by atoms with Crippen LogP contribution in [0.2, 0.25) is 5.02 Å². The number of hydrogen-bond acceptors (Lipinski definition) is 2. The first-order chi connectivity index (χ1) is 10.2. The monoisotopic (exact) mass is 333 g/mol. The van der Waals surface area contributed by atoms with Crippen molar-refractivity contribution >= 4 is 28.5 Å². The first kappa shape index (κ1) is 16.7. The van der Waals surface area contributed by atoms with Gasteiger partial charge in [0.2, 0.25) is 0 Å². The fourth-order valence-electron chi connectivity index (χ4n) is 2.46. The molecular weight excluding hydrogens is 319 g/mol.